The molecule has 0 atom stereocenters. The normalized spacial score (nSPS) is 22.2. The monoisotopic (exact) mass is 369 g/mol. The van der Waals surface area contributed by atoms with Gasteiger partial charge in [0.15, 0.2) is 0 Å². The van der Waals surface area contributed by atoms with E-state index in [0.29, 0.717) is 5.56 Å². The van der Waals surface area contributed by atoms with Gasteiger partial charge in [0.25, 0.3) is 0 Å². The van der Waals surface area contributed by atoms with Crippen LogP contribution < -0.4 is 0 Å². The number of carbonyl (C=O) groups is 1. The van der Waals surface area contributed by atoms with Gasteiger partial charge >= 0.3 is 5.97 Å². The van der Waals surface area contributed by atoms with Crippen LogP contribution in [0, 0.1) is 16.7 Å². The first-order valence-corrected chi connectivity index (χ1v) is 10.8. The Morgan fingerprint density at radius 3 is 2.33 bits per heavy atom. The number of carbonyl (C=O) groups excluding carboxylic acids is 1. The van der Waals surface area contributed by atoms with Gasteiger partial charge < -0.3 is 4.74 Å². The first kappa shape index (κ1) is 21.5. The molecule has 3 nitrogen and oxygen atoms in total. The molecule has 0 spiro atoms. The summed E-state index contributed by atoms with van der Waals surface area (Å²) in [6, 6.07) is 10.4. The summed E-state index contributed by atoms with van der Waals surface area (Å²) in [6.07, 6.45) is 12.6. The van der Waals surface area contributed by atoms with E-state index in [9.17, 15) is 10.1 Å². The molecule has 0 saturated heterocycles. The van der Waals surface area contributed by atoms with Gasteiger partial charge in [0.05, 0.1) is 17.0 Å². The third-order valence-electron chi connectivity index (χ3n) is 5.89. The van der Waals surface area contributed by atoms with Gasteiger partial charge in [-0.1, -0.05) is 64.5 Å². The molecule has 0 aliphatic heterocycles. The van der Waals surface area contributed by atoms with Gasteiger partial charge in [-0.3, -0.25) is 0 Å². The van der Waals surface area contributed by atoms with E-state index in [2.05, 4.69) is 19.9 Å². The maximum absolute atomic E-state index is 12.4. The molecule has 2 rings (SSSR count). The molecule has 0 amide bonds. The molecule has 0 bridgehead atoms. The van der Waals surface area contributed by atoms with Crippen LogP contribution in [0.2, 0.25) is 0 Å². The highest BCUT2D eigenvalue weighted by molar-refractivity contribution is 5.89. The molecule has 0 unspecified atom stereocenters. The summed E-state index contributed by atoms with van der Waals surface area (Å²) in [7, 11) is 0. The second kappa shape index (κ2) is 11.1. The molecule has 0 N–H and O–H groups in total. The Hall–Kier alpha value is -1.82. The molecule has 3 heteroatoms. The van der Waals surface area contributed by atoms with Gasteiger partial charge in [0.1, 0.15) is 6.10 Å². The Morgan fingerprint density at radius 1 is 1.07 bits per heavy atom. The number of esters is 1. The maximum atomic E-state index is 12.4. The number of nitrogens with zero attached hydrogens (tertiary/aromatic N) is 1. The van der Waals surface area contributed by atoms with Gasteiger partial charge in [-0.25, -0.2) is 4.79 Å². The summed E-state index contributed by atoms with van der Waals surface area (Å²) in [5, 5.41) is 9.70. The highest BCUT2D eigenvalue weighted by Crippen LogP contribution is 2.41. The number of ether oxygens (including phenoxy) is 1. The van der Waals surface area contributed by atoms with E-state index in [0.717, 1.165) is 51.4 Å². The van der Waals surface area contributed by atoms with Crippen molar-refractivity contribution in [3.63, 3.8) is 0 Å². The lowest BCUT2D eigenvalue weighted by Crippen LogP contribution is -2.31. The molecular weight excluding hydrogens is 334 g/mol. The maximum Gasteiger partial charge on any atom is 0.338 e. The van der Waals surface area contributed by atoms with Crippen molar-refractivity contribution >= 4 is 5.97 Å². The van der Waals surface area contributed by atoms with Gasteiger partial charge in [0.2, 0.25) is 0 Å². The Morgan fingerprint density at radius 2 is 1.74 bits per heavy atom. The number of rotatable bonds is 10. The average molecular weight is 370 g/mol. The van der Waals surface area contributed by atoms with Gasteiger partial charge in [-0.05, 0) is 56.2 Å². The van der Waals surface area contributed by atoms with Gasteiger partial charge in [-0.15, -0.1) is 0 Å². The van der Waals surface area contributed by atoms with E-state index in [1.165, 1.54) is 31.2 Å². The second-order valence-corrected chi connectivity index (χ2v) is 8.11. The van der Waals surface area contributed by atoms with E-state index in [1.54, 1.807) is 0 Å². The zero-order valence-corrected chi connectivity index (χ0v) is 17.1. The summed E-state index contributed by atoms with van der Waals surface area (Å²) in [5.41, 5.74) is 1.68. The van der Waals surface area contributed by atoms with Crippen molar-refractivity contribution in [3.8, 4) is 6.07 Å². The first-order chi connectivity index (χ1) is 13.1. The number of nitriles is 1. The fourth-order valence-corrected chi connectivity index (χ4v) is 4.06. The van der Waals surface area contributed by atoms with Crippen LogP contribution in [0.1, 0.15) is 100 Å². The third-order valence-corrected chi connectivity index (χ3v) is 5.89. The first-order valence-electron chi connectivity index (χ1n) is 10.8. The Balaban J connectivity index is 1.78. The highest BCUT2D eigenvalue weighted by atomic mass is 16.5. The fraction of sp³-hybridized carbons (Fsp3) is 0.667. The summed E-state index contributed by atoms with van der Waals surface area (Å²) >= 11 is 0. The quantitative estimate of drug-likeness (QED) is 0.344. The van der Waals surface area contributed by atoms with Gasteiger partial charge in [0, 0.05) is 0 Å². The molecule has 1 aliphatic carbocycles. The molecule has 148 valence electrons. The molecule has 1 fully saturated rings. The summed E-state index contributed by atoms with van der Waals surface area (Å²) < 4.78 is 5.72. The Labute approximate surface area is 165 Å². The molecule has 0 radical (unpaired) electrons. The number of aryl methyl sites for hydroxylation is 1. The zero-order valence-electron chi connectivity index (χ0n) is 17.1. The third kappa shape index (κ3) is 6.69. The number of hydrogen-bond donors (Lipinski definition) is 0. The number of benzene rings is 1. The molecule has 0 aromatic heterocycles. The van der Waals surface area contributed by atoms with Crippen LogP contribution in [0.5, 0.6) is 0 Å². The number of hydrogen-bond acceptors (Lipinski definition) is 3. The molecule has 27 heavy (non-hydrogen) atoms. The van der Waals surface area contributed by atoms with Crippen molar-refractivity contribution in [2.24, 2.45) is 5.41 Å². The number of unbranched alkanes of at least 4 members (excludes halogenated alkanes) is 4. The van der Waals surface area contributed by atoms with Crippen LogP contribution >= 0.6 is 0 Å². The SMILES string of the molecule is CCCCCCC[C@]1(C#N)CC[C@@H](OC(=O)c2ccc(CCC)cc2)CC1. The molecule has 1 aliphatic rings. The Kier molecular flexibility index (Phi) is 8.85. The summed E-state index contributed by atoms with van der Waals surface area (Å²) in [6.45, 7) is 4.37. The van der Waals surface area contributed by atoms with Crippen molar-refractivity contribution in [3.05, 3.63) is 35.4 Å². The average Bonchev–Trinajstić information content (AvgIpc) is 2.70. The Bertz CT molecular complexity index is 606. The topological polar surface area (TPSA) is 50.1 Å². The fourth-order valence-electron chi connectivity index (χ4n) is 4.06. The highest BCUT2D eigenvalue weighted by Gasteiger charge is 2.36. The zero-order chi connectivity index (χ0) is 19.5. The van der Waals surface area contributed by atoms with Crippen LogP contribution in [0.25, 0.3) is 0 Å². The standard InChI is InChI=1S/C24H35NO2/c1-3-5-6-7-8-16-24(19-25)17-14-22(15-18-24)27-23(26)21-12-10-20(9-4-2)11-13-21/h10-13,22H,3-9,14-18H2,1-2H3/t22-,24+. The van der Waals surface area contributed by atoms with Crippen molar-refractivity contribution in [2.45, 2.75) is 97.0 Å². The van der Waals surface area contributed by atoms with Crippen molar-refractivity contribution in [2.75, 3.05) is 0 Å². The molecule has 1 aromatic carbocycles. The lowest BCUT2D eigenvalue weighted by Gasteiger charge is -2.34. The smallest absolute Gasteiger partial charge is 0.338 e. The minimum Gasteiger partial charge on any atom is -0.459 e. The van der Waals surface area contributed by atoms with Gasteiger partial charge in [-0.2, -0.15) is 5.26 Å². The van der Waals surface area contributed by atoms with Crippen LogP contribution in [0.3, 0.4) is 0 Å². The summed E-state index contributed by atoms with van der Waals surface area (Å²) in [4.78, 5) is 12.4. The van der Waals surface area contributed by atoms with Crippen molar-refractivity contribution < 1.29 is 9.53 Å². The van der Waals surface area contributed by atoms with Crippen LogP contribution in [0.15, 0.2) is 24.3 Å². The van der Waals surface area contributed by atoms with E-state index < -0.39 is 0 Å². The van der Waals surface area contributed by atoms with Crippen LogP contribution in [-0.4, -0.2) is 12.1 Å². The van der Waals surface area contributed by atoms with E-state index in [4.69, 9.17) is 4.74 Å². The molecular formula is C24H35NO2. The van der Waals surface area contributed by atoms with Crippen LogP contribution in [-0.2, 0) is 11.2 Å². The lowest BCUT2D eigenvalue weighted by atomic mass is 9.71. The predicted molar refractivity (Wildman–Crippen MR) is 110 cm³/mol. The summed E-state index contributed by atoms with van der Waals surface area (Å²) in [5.74, 6) is -0.230. The molecule has 0 heterocycles. The van der Waals surface area contributed by atoms with Crippen LogP contribution in [0.4, 0.5) is 0 Å². The molecule has 1 saturated carbocycles. The lowest BCUT2D eigenvalue weighted by molar-refractivity contribution is 0.0105. The van der Waals surface area contributed by atoms with E-state index in [-0.39, 0.29) is 17.5 Å². The second-order valence-electron chi connectivity index (χ2n) is 8.11. The predicted octanol–water partition coefficient (Wildman–Crippen LogP) is 6.61. The molecule has 1 aromatic rings. The largest absolute Gasteiger partial charge is 0.459 e. The van der Waals surface area contributed by atoms with E-state index in [1.807, 2.05) is 24.3 Å². The minimum atomic E-state index is -0.230. The van der Waals surface area contributed by atoms with Crippen molar-refractivity contribution in [1.82, 2.24) is 0 Å². The van der Waals surface area contributed by atoms with E-state index >= 15 is 0 Å². The minimum absolute atomic E-state index is 0.0469. The van der Waals surface area contributed by atoms with Crippen molar-refractivity contribution in [1.29, 1.82) is 5.26 Å².